The lowest BCUT2D eigenvalue weighted by Crippen LogP contribution is -2.46. The number of benzene rings is 1. The fourth-order valence-electron chi connectivity index (χ4n) is 1.97. The Hall–Kier alpha value is -2.28. The van der Waals surface area contributed by atoms with Gasteiger partial charge in [-0.25, -0.2) is 0 Å². The average Bonchev–Trinajstić information content (AvgIpc) is 2.59. The maximum absolute atomic E-state index is 11.8. The smallest absolute Gasteiger partial charge is 0.258 e. The van der Waals surface area contributed by atoms with Crippen molar-refractivity contribution in [1.29, 1.82) is 0 Å². The van der Waals surface area contributed by atoms with Crippen LogP contribution in [0, 0.1) is 0 Å². The van der Waals surface area contributed by atoms with Crippen LogP contribution in [0.3, 0.4) is 0 Å². The minimum absolute atomic E-state index is 0.0230. The minimum Gasteiger partial charge on any atom is -0.497 e. The van der Waals surface area contributed by atoms with Crippen LogP contribution < -0.4 is 14.8 Å². The van der Waals surface area contributed by atoms with Crippen LogP contribution in [-0.2, 0) is 14.3 Å². The summed E-state index contributed by atoms with van der Waals surface area (Å²) in [4.78, 5) is 25.2. The van der Waals surface area contributed by atoms with Gasteiger partial charge in [0, 0.05) is 13.1 Å². The monoisotopic (exact) mass is 308 g/mol. The summed E-state index contributed by atoms with van der Waals surface area (Å²) in [6, 6.07) is 6.92. The zero-order valence-electron chi connectivity index (χ0n) is 12.5. The number of morpholine rings is 1. The Bertz CT molecular complexity index is 497. The number of nitrogens with zero attached hydrogens (tertiary/aromatic N) is 1. The Kier molecular flexibility index (Phi) is 6.02. The summed E-state index contributed by atoms with van der Waals surface area (Å²) in [5.74, 6) is 0.835. The first-order valence-corrected chi connectivity index (χ1v) is 7.08. The number of carbonyl (C=O) groups excluding carboxylic acids is 2. The van der Waals surface area contributed by atoms with Crippen molar-refractivity contribution in [3.05, 3.63) is 24.3 Å². The molecule has 7 heteroatoms. The molecule has 0 radical (unpaired) electrons. The van der Waals surface area contributed by atoms with Crippen LogP contribution in [0.1, 0.15) is 0 Å². The van der Waals surface area contributed by atoms with E-state index < -0.39 is 0 Å². The number of amides is 2. The Morgan fingerprint density at radius 3 is 2.45 bits per heavy atom. The molecule has 0 bridgehead atoms. The molecule has 0 spiro atoms. The predicted molar refractivity (Wildman–Crippen MR) is 78.9 cm³/mol. The number of nitrogens with one attached hydrogen (secondary N) is 1. The third kappa shape index (κ3) is 4.92. The topological polar surface area (TPSA) is 77.1 Å². The second-order valence-electron chi connectivity index (χ2n) is 4.73. The van der Waals surface area contributed by atoms with E-state index in [1.54, 1.807) is 36.3 Å². The fourth-order valence-corrected chi connectivity index (χ4v) is 1.97. The number of rotatable bonds is 6. The molecule has 2 rings (SSSR count). The molecule has 0 aliphatic carbocycles. The molecule has 1 saturated heterocycles. The Morgan fingerprint density at radius 1 is 1.18 bits per heavy atom. The van der Waals surface area contributed by atoms with Crippen molar-refractivity contribution >= 4 is 11.8 Å². The molecule has 1 aromatic carbocycles. The molecule has 1 heterocycles. The van der Waals surface area contributed by atoms with Crippen LogP contribution in [0.25, 0.3) is 0 Å². The van der Waals surface area contributed by atoms with Crippen LogP contribution >= 0.6 is 0 Å². The van der Waals surface area contributed by atoms with Crippen LogP contribution in [0.2, 0.25) is 0 Å². The number of hydrogen-bond acceptors (Lipinski definition) is 5. The highest BCUT2D eigenvalue weighted by Crippen LogP contribution is 2.16. The summed E-state index contributed by atoms with van der Waals surface area (Å²) >= 11 is 0. The van der Waals surface area contributed by atoms with Gasteiger partial charge in [0.25, 0.3) is 5.91 Å². The van der Waals surface area contributed by atoms with Gasteiger partial charge in [-0.1, -0.05) is 0 Å². The van der Waals surface area contributed by atoms with E-state index in [9.17, 15) is 9.59 Å². The fraction of sp³-hybridized carbons (Fsp3) is 0.467. The Morgan fingerprint density at radius 2 is 1.82 bits per heavy atom. The number of carbonyl (C=O) groups is 2. The quantitative estimate of drug-likeness (QED) is 0.803. The Labute approximate surface area is 129 Å². The van der Waals surface area contributed by atoms with E-state index in [-0.39, 0.29) is 25.0 Å². The van der Waals surface area contributed by atoms with Gasteiger partial charge in [0.15, 0.2) is 6.61 Å². The lowest BCUT2D eigenvalue weighted by atomic mass is 10.3. The van der Waals surface area contributed by atoms with Gasteiger partial charge in [0.2, 0.25) is 5.91 Å². The summed E-state index contributed by atoms with van der Waals surface area (Å²) in [7, 11) is 1.58. The van der Waals surface area contributed by atoms with Crippen LogP contribution in [0.4, 0.5) is 0 Å². The maximum atomic E-state index is 11.8. The molecule has 120 valence electrons. The molecule has 0 saturated carbocycles. The van der Waals surface area contributed by atoms with Gasteiger partial charge in [-0.05, 0) is 24.3 Å². The number of methoxy groups -OCH3 is 1. The molecule has 1 aliphatic rings. The molecule has 22 heavy (non-hydrogen) atoms. The van der Waals surface area contributed by atoms with Crippen LogP contribution in [0.5, 0.6) is 11.5 Å². The molecule has 1 aliphatic heterocycles. The molecule has 2 amide bonds. The van der Waals surface area contributed by atoms with Gasteiger partial charge in [0.05, 0.1) is 26.9 Å². The van der Waals surface area contributed by atoms with E-state index in [4.69, 9.17) is 14.2 Å². The lowest BCUT2D eigenvalue weighted by Gasteiger charge is -2.26. The zero-order valence-corrected chi connectivity index (χ0v) is 12.5. The Balaban J connectivity index is 1.67. The second kappa shape index (κ2) is 8.23. The molecular weight excluding hydrogens is 288 g/mol. The molecule has 0 aromatic heterocycles. The minimum atomic E-state index is -0.336. The van der Waals surface area contributed by atoms with Gasteiger partial charge in [-0.15, -0.1) is 0 Å². The third-order valence-electron chi connectivity index (χ3n) is 3.23. The van der Waals surface area contributed by atoms with E-state index in [2.05, 4.69) is 5.32 Å². The summed E-state index contributed by atoms with van der Waals surface area (Å²) in [6.45, 7) is 2.06. The summed E-state index contributed by atoms with van der Waals surface area (Å²) in [5.41, 5.74) is 0. The van der Waals surface area contributed by atoms with E-state index >= 15 is 0 Å². The van der Waals surface area contributed by atoms with E-state index in [1.165, 1.54) is 0 Å². The van der Waals surface area contributed by atoms with Crippen LogP contribution in [-0.4, -0.2) is 63.3 Å². The van der Waals surface area contributed by atoms with Crippen molar-refractivity contribution in [2.75, 3.05) is 46.6 Å². The standard InChI is InChI=1S/C15H20N2O5/c1-20-12-2-4-13(5-3-12)22-11-14(18)16-10-15(19)17-6-8-21-9-7-17/h2-5H,6-11H2,1H3,(H,16,18). The van der Waals surface area contributed by atoms with Gasteiger partial charge < -0.3 is 24.4 Å². The molecular formula is C15H20N2O5. The first-order chi connectivity index (χ1) is 10.7. The van der Waals surface area contributed by atoms with Crippen LogP contribution in [0.15, 0.2) is 24.3 Å². The van der Waals surface area contributed by atoms with Crippen molar-refractivity contribution < 1.29 is 23.8 Å². The van der Waals surface area contributed by atoms with E-state index in [0.717, 1.165) is 0 Å². The van der Waals surface area contributed by atoms with Crippen molar-refractivity contribution in [2.45, 2.75) is 0 Å². The van der Waals surface area contributed by atoms with Gasteiger partial charge in [0.1, 0.15) is 11.5 Å². The molecule has 0 unspecified atom stereocenters. The molecule has 1 aromatic rings. The summed E-state index contributed by atoms with van der Waals surface area (Å²) < 4.78 is 15.5. The molecule has 1 fully saturated rings. The highest BCUT2D eigenvalue weighted by molar-refractivity contribution is 5.85. The van der Waals surface area contributed by atoms with E-state index in [0.29, 0.717) is 37.8 Å². The average molecular weight is 308 g/mol. The first-order valence-electron chi connectivity index (χ1n) is 7.08. The normalized spacial score (nSPS) is 14.3. The molecule has 0 atom stereocenters. The van der Waals surface area contributed by atoms with Crippen molar-refractivity contribution in [3.8, 4) is 11.5 Å². The zero-order chi connectivity index (χ0) is 15.8. The summed E-state index contributed by atoms with van der Waals surface area (Å²) in [5, 5.41) is 2.55. The lowest BCUT2D eigenvalue weighted by molar-refractivity contribution is -0.136. The SMILES string of the molecule is COc1ccc(OCC(=O)NCC(=O)N2CCOCC2)cc1. The first kappa shape index (κ1) is 16.1. The van der Waals surface area contributed by atoms with Crippen molar-refractivity contribution in [1.82, 2.24) is 10.2 Å². The van der Waals surface area contributed by atoms with E-state index in [1.807, 2.05) is 0 Å². The highest BCUT2D eigenvalue weighted by atomic mass is 16.5. The molecule has 1 N–H and O–H groups in total. The molecule has 7 nitrogen and oxygen atoms in total. The maximum Gasteiger partial charge on any atom is 0.258 e. The van der Waals surface area contributed by atoms with Gasteiger partial charge in [-0.3, -0.25) is 9.59 Å². The van der Waals surface area contributed by atoms with Crippen molar-refractivity contribution in [3.63, 3.8) is 0 Å². The number of hydrogen-bond donors (Lipinski definition) is 1. The van der Waals surface area contributed by atoms with Gasteiger partial charge in [-0.2, -0.15) is 0 Å². The number of ether oxygens (including phenoxy) is 3. The van der Waals surface area contributed by atoms with Crippen molar-refractivity contribution in [2.24, 2.45) is 0 Å². The predicted octanol–water partition coefficient (Wildman–Crippen LogP) is 0.0490. The highest BCUT2D eigenvalue weighted by Gasteiger charge is 2.17. The van der Waals surface area contributed by atoms with Gasteiger partial charge >= 0.3 is 0 Å². The third-order valence-corrected chi connectivity index (χ3v) is 3.23. The summed E-state index contributed by atoms with van der Waals surface area (Å²) in [6.07, 6.45) is 0. The largest absolute Gasteiger partial charge is 0.497 e. The second-order valence-corrected chi connectivity index (χ2v) is 4.73.